The molecule has 0 fully saturated rings. The largest absolute Gasteiger partial charge is 0.491 e. The topological polar surface area (TPSA) is 9.23 Å². The van der Waals surface area contributed by atoms with Crippen LogP contribution in [0.5, 0.6) is 5.75 Å². The molecule has 0 amide bonds. The highest BCUT2D eigenvalue weighted by Crippen LogP contribution is 2.33. The molecule has 1 nitrogen and oxygen atoms in total. The minimum Gasteiger partial charge on any atom is -0.491 e. The van der Waals surface area contributed by atoms with Gasteiger partial charge < -0.3 is 4.74 Å². The van der Waals surface area contributed by atoms with Crippen LogP contribution in [0, 0.1) is 5.92 Å². The van der Waals surface area contributed by atoms with E-state index in [1.807, 2.05) is 0 Å². The lowest BCUT2D eigenvalue weighted by molar-refractivity contribution is 0.255. The Kier molecular flexibility index (Phi) is 5.74. The molecule has 0 aromatic heterocycles. The van der Waals surface area contributed by atoms with Crippen molar-refractivity contribution in [3.63, 3.8) is 0 Å². The van der Waals surface area contributed by atoms with Gasteiger partial charge in [0.1, 0.15) is 5.75 Å². The van der Waals surface area contributed by atoms with Gasteiger partial charge in [0.05, 0.1) is 17.5 Å². The summed E-state index contributed by atoms with van der Waals surface area (Å²) in [5.74, 6) is 1.49. The van der Waals surface area contributed by atoms with Crippen molar-refractivity contribution in [1.29, 1.82) is 0 Å². The first-order chi connectivity index (χ1) is 7.58. The van der Waals surface area contributed by atoms with E-state index >= 15 is 0 Å². The van der Waals surface area contributed by atoms with Crippen LogP contribution in [-0.4, -0.2) is 6.61 Å². The number of hydrogen-bond acceptors (Lipinski definition) is 1. The van der Waals surface area contributed by atoms with Crippen molar-refractivity contribution in [2.24, 2.45) is 5.92 Å². The predicted octanol–water partition coefficient (Wildman–Crippen LogP) is 5.16. The van der Waals surface area contributed by atoms with Crippen molar-refractivity contribution in [3.05, 3.63) is 27.7 Å². The Morgan fingerprint density at radius 2 is 2.00 bits per heavy atom. The third-order valence-electron chi connectivity index (χ3n) is 2.44. The van der Waals surface area contributed by atoms with Gasteiger partial charge >= 0.3 is 0 Å². The van der Waals surface area contributed by atoms with Gasteiger partial charge in [-0.25, -0.2) is 0 Å². The van der Waals surface area contributed by atoms with E-state index in [4.69, 9.17) is 39.5 Å². The fourth-order valence-electron chi connectivity index (χ4n) is 1.22. The van der Waals surface area contributed by atoms with E-state index in [0.29, 0.717) is 34.2 Å². The molecule has 90 valence electrons. The molecule has 0 aliphatic carbocycles. The molecule has 0 bridgehead atoms. The molecule has 0 aliphatic rings. The summed E-state index contributed by atoms with van der Waals surface area (Å²) in [7, 11) is 0. The van der Waals surface area contributed by atoms with Gasteiger partial charge in [0.2, 0.25) is 0 Å². The van der Waals surface area contributed by atoms with Crippen molar-refractivity contribution < 1.29 is 4.74 Å². The Morgan fingerprint density at radius 1 is 1.31 bits per heavy atom. The first-order valence-corrected chi connectivity index (χ1v) is 6.54. The lowest BCUT2D eigenvalue weighted by Crippen LogP contribution is -2.08. The highest BCUT2D eigenvalue weighted by molar-refractivity contribution is 6.35. The summed E-state index contributed by atoms with van der Waals surface area (Å²) in [5, 5.41) is 1.10. The van der Waals surface area contributed by atoms with Gasteiger partial charge in [0.15, 0.2) is 0 Å². The second kappa shape index (κ2) is 6.58. The van der Waals surface area contributed by atoms with E-state index in [0.717, 1.165) is 12.0 Å². The molecular formula is C12H15Cl3O. The van der Waals surface area contributed by atoms with E-state index in [9.17, 15) is 0 Å². The summed E-state index contributed by atoms with van der Waals surface area (Å²) >= 11 is 17.8. The number of alkyl halides is 1. The normalized spacial score (nSPS) is 12.6. The number of halogens is 3. The van der Waals surface area contributed by atoms with Crippen molar-refractivity contribution in [2.75, 3.05) is 6.61 Å². The maximum atomic E-state index is 6.07. The number of ether oxygens (including phenoxy) is 1. The average molecular weight is 282 g/mol. The van der Waals surface area contributed by atoms with E-state index in [-0.39, 0.29) is 0 Å². The third-order valence-corrected chi connectivity index (χ3v) is 3.23. The highest BCUT2D eigenvalue weighted by Gasteiger charge is 2.11. The maximum absolute atomic E-state index is 6.07. The molecule has 1 atom stereocenters. The molecule has 0 saturated heterocycles. The summed E-state index contributed by atoms with van der Waals surface area (Å²) in [6.45, 7) is 4.89. The third kappa shape index (κ3) is 3.73. The van der Waals surface area contributed by atoms with Gasteiger partial charge in [-0.3, -0.25) is 0 Å². The van der Waals surface area contributed by atoms with Crippen LogP contribution in [0.15, 0.2) is 12.1 Å². The Hall–Kier alpha value is -0.110. The molecule has 0 aliphatic heterocycles. The summed E-state index contributed by atoms with van der Waals surface area (Å²) in [5.41, 5.74) is 0.836. The predicted molar refractivity (Wildman–Crippen MR) is 71.0 cm³/mol. The number of hydrogen-bond donors (Lipinski definition) is 0. The Balaban J connectivity index is 2.85. The summed E-state index contributed by atoms with van der Waals surface area (Å²) in [4.78, 5) is 0. The molecule has 4 heteroatoms. The number of benzene rings is 1. The first-order valence-electron chi connectivity index (χ1n) is 5.25. The molecular weight excluding hydrogens is 266 g/mol. The van der Waals surface area contributed by atoms with Crippen LogP contribution in [0.1, 0.15) is 25.8 Å². The van der Waals surface area contributed by atoms with Crippen molar-refractivity contribution in [3.8, 4) is 5.75 Å². The monoisotopic (exact) mass is 280 g/mol. The minimum atomic E-state index is 0.343. The molecule has 1 unspecified atom stereocenters. The van der Waals surface area contributed by atoms with Crippen LogP contribution in [-0.2, 0) is 5.88 Å². The molecule has 0 heterocycles. The van der Waals surface area contributed by atoms with Crippen LogP contribution in [0.2, 0.25) is 10.0 Å². The number of rotatable bonds is 5. The van der Waals surface area contributed by atoms with E-state index in [2.05, 4.69) is 13.8 Å². The fraction of sp³-hybridized carbons (Fsp3) is 0.500. The second-order valence-electron chi connectivity index (χ2n) is 3.83. The Bertz CT molecular complexity index is 352. The van der Waals surface area contributed by atoms with Gasteiger partial charge in [-0.05, 0) is 18.1 Å². The van der Waals surface area contributed by atoms with Crippen LogP contribution in [0.25, 0.3) is 0 Å². The highest BCUT2D eigenvalue weighted by atomic mass is 35.5. The fourth-order valence-corrected chi connectivity index (χ4v) is 2.01. The standard InChI is InChI=1S/C12H15Cl3O/c1-3-8(2)7-16-12-9(6-13)4-10(14)5-11(12)15/h4-5,8H,3,6-7H2,1-2H3. The zero-order valence-electron chi connectivity index (χ0n) is 9.40. The molecule has 0 saturated carbocycles. The van der Waals surface area contributed by atoms with Gasteiger partial charge in [0, 0.05) is 10.6 Å². The molecule has 0 spiro atoms. The van der Waals surface area contributed by atoms with E-state index < -0.39 is 0 Å². The van der Waals surface area contributed by atoms with Crippen molar-refractivity contribution >= 4 is 34.8 Å². The Labute approximate surface area is 112 Å². The average Bonchev–Trinajstić information content (AvgIpc) is 2.26. The molecule has 0 N–H and O–H groups in total. The van der Waals surface area contributed by atoms with Gasteiger partial charge in [-0.1, -0.05) is 43.5 Å². The maximum Gasteiger partial charge on any atom is 0.142 e. The molecule has 1 rings (SSSR count). The first kappa shape index (κ1) is 14.0. The quantitative estimate of drug-likeness (QED) is 0.678. The molecule has 0 radical (unpaired) electrons. The van der Waals surface area contributed by atoms with E-state index in [1.165, 1.54) is 0 Å². The van der Waals surface area contributed by atoms with Crippen LogP contribution in [0.4, 0.5) is 0 Å². The van der Waals surface area contributed by atoms with Gasteiger partial charge in [-0.15, -0.1) is 11.6 Å². The van der Waals surface area contributed by atoms with Crippen LogP contribution < -0.4 is 4.74 Å². The zero-order valence-corrected chi connectivity index (χ0v) is 11.7. The minimum absolute atomic E-state index is 0.343. The second-order valence-corrected chi connectivity index (χ2v) is 4.94. The molecule has 1 aromatic carbocycles. The molecule has 1 aromatic rings. The van der Waals surface area contributed by atoms with Crippen molar-refractivity contribution in [1.82, 2.24) is 0 Å². The van der Waals surface area contributed by atoms with Crippen LogP contribution in [0.3, 0.4) is 0 Å². The summed E-state index contributed by atoms with van der Waals surface area (Å²) in [6, 6.07) is 3.46. The zero-order chi connectivity index (χ0) is 12.1. The molecule has 16 heavy (non-hydrogen) atoms. The smallest absolute Gasteiger partial charge is 0.142 e. The van der Waals surface area contributed by atoms with Crippen molar-refractivity contribution in [2.45, 2.75) is 26.1 Å². The van der Waals surface area contributed by atoms with Gasteiger partial charge in [0.25, 0.3) is 0 Å². The Morgan fingerprint density at radius 3 is 2.56 bits per heavy atom. The lowest BCUT2D eigenvalue weighted by atomic mass is 10.1. The van der Waals surface area contributed by atoms with E-state index in [1.54, 1.807) is 12.1 Å². The SMILES string of the molecule is CCC(C)COc1c(Cl)cc(Cl)cc1CCl. The van der Waals surface area contributed by atoms with Gasteiger partial charge in [-0.2, -0.15) is 0 Å². The summed E-state index contributed by atoms with van der Waals surface area (Å²) in [6.07, 6.45) is 1.07. The van der Waals surface area contributed by atoms with Crippen LogP contribution >= 0.6 is 34.8 Å². The lowest BCUT2D eigenvalue weighted by Gasteiger charge is -2.15. The summed E-state index contributed by atoms with van der Waals surface area (Å²) < 4.78 is 5.69.